The number of nitrogens with zero attached hydrogens (tertiary/aromatic N) is 1. The van der Waals surface area contributed by atoms with Gasteiger partial charge < -0.3 is 36.4 Å². The number of quaternary nitrogens is 1. The van der Waals surface area contributed by atoms with Gasteiger partial charge in [-0.25, -0.2) is 4.79 Å². The van der Waals surface area contributed by atoms with Gasteiger partial charge in [-0.1, -0.05) is 18.9 Å². The number of rotatable bonds is 9. The second kappa shape index (κ2) is 10.4. The third-order valence-electron chi connectivity index (χ3n) is 7.74. The molecule has 0 unspecified atom stereocenters. The van der Waals surface area contributed by atoms with Crippen molar-refractivity contribution in [3.63, 3.8) is 0 Å². The number of fused-ring (bicyclic) bond motifs is 3. The van der Waals surface area contributed by atoms with Crippen LogP contribution < -0.4 is 17.0 Å². The summed E-state index contributed by atoms with van der Waals surface area (Å²) in [4.78, 5) is 14.1. The van der Waals surface area contributed by atoms with Crippen molar-refractivity contribution in [2.75, 3.05) is 32.8 Å². The number of hydrogen-bond acceptors (Lipinski definition) is 5. The van der Waals surface area contributed by atoms with E-state index in [4.69, 9.17) is 9.84 Å². The molecule has 1 saturated carbocycles. The van der Waals surface area contributed by atoms with Gasteiger partial charge in [0.1, 0.15) is 6.54 Å². The van der Waals surface area contributed by atoms with Gasteiger partial charge in [-0.2, -0.15) is 0 Å². The lowest BCUT2D eigenvalue weighted by molar-refractivity contribution is -0.946. The standard InChI is InChI=1S/C23H36NO4S.BrH/c25-15-5-1-4-12-24-13-10-18(11-14-24)20(17-24)28-22(26)23(27,19-7-2-3-8-19)21-9-6-16-29-21;/h6,9,16,18-20,25,27H,1-5,7-8,10-15,17H2;1H/q+1;/p-1/t18?,20-,23+,24?;/m0./s1. The lowest BCUT2D eigenvalue weighted by Crippen LogP contribution is -3.00. The summed E-state index contributed by atoms with van der Waals surface area (Å²) in [5, 5.41) is 22.6. The van der Waals surface area contributed by atoms with Crippen molar-refractivity contribution >= 4 is 17.3 Å². The van der Waals surface area contributed by atoms with Crippen LogP contribution in [0, 0.1) is 11.8 Å². The zero-order chi connectivity index (χ0) is 20.3. The molecule has 2 bridgehead atoms. The van der Waals surface area contributed by atoms with Gasteiger partial charge >= 0.3 is 5.97 Å². The quantitative estimate of drug-likeness (QED) is 0.292. The van der Waals surface area contributed by atoms with Gasteiger partial charge in [-0.05, 0) is 43.6 Å². The van der Waals surface area contributed by atoms with E-state index in [1.165, 1.54) is 24.4 Å². The topological polar surface area (TPSA) is 66.8 Å². The molecule has 1 aromatic heterocycles. The van der Waals surface area contributed by atoms with Crippen LogP contribution in [0.5, 0.6) is 0 Å². The average Bonchev–Trinajstić information content (AvgIpc) is 3.46. The number of esters is 1. The SMILES string of the molecule is O=C(O[C@H]1C[N+]2(CCCCCO)CCC1CC2)[C@](O)(c1cccs1)C1CCCC1.[Br-]. The fourth-order valence-corrected chi connectivity index (χ4v) is 6.83. The van der Waals surface area contributed by atoms with Crippen molar-refractivity contribution in [2.24, 2.45) is 11.8 Å². The first-order valence-electron chi connectivity index (χ1n) is 11.5. The van der Waals surface area contributed by atoms with Crippen LogP contribution in [0.3, 0.4) is 0 Å². The third kappa shape index (κ3) is 4.80. The van der Waals surface area contributed by atoms with Gasteiger partial charge in [-0.15, -0.1) is 11.3 Å². The van der Waals surface area contributed by atoms with Crippen LogP contribution in [0.15, 0.2) is 17.5 Å². The van der Waals surface area contributed by atoms with Crippen LogP contribution in [-0.4, -0.2) is 59.6 Å². The van der Waals surface area contributed by atoms with E-state index in [2.05, 4.69) is 0 Å². The molecule has 170 valence electrons. The molecule has 4 heterocycles. The lowest BCUT2D eigenvalue weighted by Gasteiger charge is -2.52. The summed E-state index contributed by atoms with van der Waals surface area (Å²) >= 11 is 1.46. The Kier molecular flexibility index (Phi) is 8.41. The first-order chi connectivity index (χ1) is 14.1. The molecule has 3 aliphatic heterocycles. The van der Waals surface area contributed by atoms with Crippen molar-refractivity contribution in [3.05, 3.63) is 22.4 Å². The molecular weight excluding hydrogens is 466 g/mol. The molecule has 5 rings (SSSR count). The predicted octanol–water partition coefficient (Wildman–Crippen LogP) is 0.445. The van der Waals surface area contributed by atoms with E-state index >= 15 is 0 Å². The van der Waals surface area contributed by atoms with Crippen LogP contribution in [0.4, 0.5) is 0 Å². The zero-order valence-corrected chi connectivity index (χ0v) is 20.2. The smallest absolute Gasteiger partial charge is 0.344 e. The number of piperidine rings is 3. The van der Waals surface area contributed by atoms with Crippen molar-refractivity contribution in [2.45, 2.75) is 69.5 Å². The van der Waals surface area contributed by atoms with Crippen LogP contribution in [0.2, 0.25) is 0 Å². The summed E-state index contributed by atoms with van der Waals surface area (Å²) in [5.41, 5.74) is -1.48. The van der Waals surface area contributed by atoms with Gasteiger partial charge in [-0.3, -0.25) is 0 Å². The van der Waals surface area contributed by atoms with E-state index < -0.39 is 11.6 Å². The summed E-state index contributed by atoms with van der Waals surface area (Å²) in [6.45, 7) is 4.62. The number of ether oxygens (including phenoxy) is 1. The Morgan fingerprint density at radius 1 is 1.17 bits per heavy atom. The number of unbranched alkanes of at least 4 members (excludes halogenated alkanes) is 2. The molecule has 0 amide bonds. The van der Waals surface area contributed by atoms with Gasteiger partial charge in [0.05, 0.1) is 19.6 Å². The van der Waals surface area contributed by atoms with Crippen LogP contribution in [-0.2, 0) is 15.1 Å². The number of carbonyl (C=O) groups excluding carboxylic acids is 1. The number of thiophene rings is 1. The van der Waals surface area contributed by atoms with Gasteiger partial charge in [0, 0.05) is 36.2 Å². The first kappa shape index (κ1) is 24.2. The van der Waals surface area contributed by atoms with Crippen LogP contribution in [0.25, 0.3) is 0 Å². The minimum absolute atomic E-state index is 0. The second-order valence-electron chi connectivity index (χ2n) is 9.49. The zero-order valence-electron chi connectivity index (χ0n) is 17.8. The van der Waals surface area contributed by atoms with Gasteiger partial charge in [0.15, 0.2) is 11.7 Å². The molecule has 0 spiro atoms. The summed E-state index contributed by atoms with van der Waals surface area (Å²) < 4.78 is 7.18. The Bertz CT molecular complexity index is 671. The average molecular weight is 503 g/mol. The molecule has 0 aromatic carbocycles. The summed E-state index contributed by atoms with van der Waals surface area (Å²) in [5.74, 6) is -0.00653. The highest BCUT2D eigenvalue weighted by Crippen LogP contribution is 2.44. The Balaban J connectivity index is 0.00000256. The maximum Gasteiger partial charge on any atom is 0.344 e. The fourth-order valence-electron chi connectivity index (χ4n) is 5.94. The molecule has 3 saturated heterocycles. The molecule has 7 heteroatoms. The Labute approximate surface area is 194 Å². The third-order valence-corrected chi connectivity index (χ3v) is 8.74. The van der Waals surface area contributed by atoms with Gasteiger partial charge in [0.25, 0.3) is 0 Å². The number of aliphatic hydroxyl groups excluding tert-OH is 1. The van der Waals surface area contributed by atoms with E-state index in [1.807, 2.05) is 17.5 Å². The van der Waals surface area contributed by atoms with Crippen molar-refractivity contribution in [3.8, 4) is 0 Å². The monoisotopic (exact) mass is 501 g/mol. The Morgan fingerprint density at radius 2 is 1.90 bits per heavy atom. The first-order valence-corrected chi connectivity index (χ1v) is 12.4. The fraction of sp³-hybridized carbons (Fsp3) is 0.783. The molecule has 2 atom stereocenters. The summed E-state index contributed by atoms with van der Waals surface area (Å²) in [6, 6.07) is 3.80. The molecule has 4 aliphatic rings. The Hall–Kier alpha value is -0.470. The molecule has 1 aliphatic carbocycles. The minimum Gasteiger partial charge on any atom is -1.00 e. The normalized spacial score (nSPS) is 30.6. The maximum atomic E-state index is 13.4. The van der Waals surface area contributed by atoms with E-state index in [0.717, 1.165) is 80.2 Å². The molecule has 30 heavy (non-hydrogen) atoms. The van der Waals surface area contributed by atoms with E-state index in [1.54, 1.807) is 0 Å². The lowest BCUT2D eigenvalue weighted by atomic mass is 9.82. The highest BCUT2D eigenvalue weighted by atomic mass is 79.9. The van der Waals surface area contributed by atoms with Crippen LogP contribution >= 0.6 is 11.3 Å². The summed E-state index contributed by atoms with van der Waals surface area (Å²) in [6.07, 6.45) is 9.13. The second-order valence-corrected chi connectivity index (χ2v) is 10.4. The highest BCUT2D eigenvalue weighted by molar-refractivity contribution is 7.10. The van der Waals surface area contributed by atoms with E-state index in [9.17, 15) is 9.90 Å². The van der Waals surface area contributed by atoms with Crippen molar-refractivity contribution < 1.29 is 41.2 Å². The van der Waals surface area contributed by atoms with Crippen molar-refractivity contribution in [1.29, 1.82) is 0 Å². The van der Waals surface area contributed by atoms with Crippen molar-refractivity contribution in [1.82, 2.24) is 0 Å². The predicted molar refractivity (Wildman–Crippen MR) is 113 cm³/mol. The summed E-state index contributed by atoms with van der Waals surface area (Å²) in [7, 11) is 0. The molecular formula is C23H36BrNO4S. The molecule has 4 fully saturated rings. The van der Waals surface area contributed by atoms with E-state index in [0.29, 0.717) is 5.92 Å². The molecule has 2 N–H and O–H groups in total. The van der Waals surface area contributed by atoms with Gasteiger partial charge in [0.2, 0.25) is 0 Å². The molecule has 5 nitrogen and oxygen atoms in total. The highest BCUT2D eigenvalue weighted by Gasteiger charge is 2.52. The van der Waals surface area contributed by atoms with Crippen LogP contribution in [0.1, 0.15) is 62.7 Å². The van der Waals surface area contributed by atoms with E-state index in [-0.39, 0.29) is 35.6 Å². The largest absolute Gasteiger partial charge is 1.00 e. The molecule has 0 radical (unpaired) electrons. The maximum absolute atomic E-state index is 13.4. The number of aliphatic hydroxyl groups is 2. The number of carbonyl (C=O) groups is 1. The molecule has 1 aromatic rings. The number of hydrogen-bond donors (Lipinski definition) is 2. The minimum atomic E-state index is -1.48. The number of halogens is 1. The Morgan fingerprint density at radius 3 is 2.53 bits per heavy atom.